The van der Waals surface area contributed by atoms with E-state index in [9.17, 15) is 13.6 Å². The maximum absolute atomic E-state index is 14.6. The molecule has 25 heavy (non-hydrogen) atoms. The lowest BCUT2D eigenvalue weighted by atomic mass is 9.99. The van der Waals surface area contributed by atoms with Crippen molar-refractivity contribution in [3.05, 3.63) is 59.2 Å². The minimum Gasteiger partial charge on any atom is -0.478 e. The first kappa shape index (κ1) is 17.4. The molecule has 1 heterocycles. The van der Waals surface area contributed by atoms with Crippen LogP contribution in [0.25, 0.3) is 0 Å². The third-order valence-electron chi connectivity index (χ3n) is 4.23. The van der Waals surface area contributed by atoms with Gasteiger partial charge in [-0.3, -0.25) is 4.79 Å². The Balaban J connectivity index is 1.75. The summed E-state index contributed by atoms with van der Waals surface area (Å²) in [6.07, 6.45) is -0.00113. The fraction of sp³-hybridized carbons (Fsp3) is 0.316. The van der Waals surface area contributed by atoms with Crippen LogP contribution in [0.3, 0.4) is 0 Å². The average molecular weight is 346 g/mol. The van der Waals surface area contributed by atoms with Gasteiger partial charge in [0.05, 0.1) is 5.69 Å². The first-order valence-electron chi connectivity index (χ1n) is 8.33. The van der Waals surface area contributed by atoms with Gasteiger partial charge in [0.1, 0.15) is 5.82 Å². The Labute approximate surface area is 145 Å². The number of para-hydroxylation sites is 1. The van der Waals surface area contributed by atoms with E-state index in [4.69, 9.17) is 4.74 Å². The lowest BCUT2D eigenvalue weighted by Crippen LogP contribution is -2.33. The van der Waals surface area contributed by atoms with Crippen molar-refractivity contribution in [3.63, 3.8) is 0 Å². The molecule has 0 aromatic heterocycles. The quantitative estimate of drug-likeness (QED) is 0.872. The van der Waals surface area contributed by atoms with Gasteiger partial charge in [0.15, 0.2) is 17.7 Å². The highest BCUT2D eigenvalue weighted by Crippen LogP contribution is 2.25. The summed E-state index contributed by atoms with van der Waals surface area (Å²) in [6, 6.07) is 9.24. The second kappa shape index (κ2) is 7.61. The summed E-state index contributed by atoms with van der Waals surface area (Å²) < 4.78 is 33.8. The topological polar surface area (TPSA) is 50.4 Å². The molecule has 0 bridgehead atoms. The molecule has 2 N–H and O–H groups in total. The van der Waals surface area contributed by atoms with E-state index in [-0.39, 0.29) is 11.4 Å². The van der Waals surface area contributed by atoms with Gasteiger partial charge < -0.3 is 15.4 Å². The Morgan fingerprint density at radius 3 is 2.84 bits per heavy atom. The van der Waals surface area contributed by atoms with E-state index in [1.54, 1.807) is 31.2 Å². The van der Waals surface area contributed by atoms with Gasteiger partial charge in [0.25, 0.3) is 5.91 Å². The highest BCUT2D eigenvalue weighted by atomic mass is 19.1. The minimum absolute atomic E-state index is 0.00138. The van der Waals surface area contributed by atoms with Gasteiger partial charge in [-0.05, 0) is 48.7 Å². The first-order valence-corrected chi connectivity index (χ1v) is 8.33. The average Bonchev–Trinajstić information content (AvgIpc) is 2.63. The SMILES string of the molecule is CCC(Oc1ccccc1F)C(=O)Nc1ccc2c(c1F)CCNC2. The molecule has 4 nitrogen and oxygen atoms in total. The number of benzene rings is 2. The highest BCUT2D eigenvalue weighted by Gasteiger charge is 2.23. The van der Waals surface area contributed by atoms with Gasteiger partial charge in [-0.25, -0.2) is 8.78 Å². The predicted octanol–water partition coefficient (Wildman–Crippen LogP) is 3.41. The second-order valence-electron chi connectivity index (χ2n) is 5.93. The van der Waals surface area contributed by atoms with Crippen LogP contribution in [-0.4, -0.2) is 18.6 Å². The number of carbonyl (C=O) groups is 1. The number of amides is 1. The zero-order valence-corrected chi connectivity index (χ0v) is 13.9. The summed E-state index contributed by atoms with van der Waals surface area (Å²) in [5.41, 5.74) is 1.65. The fourth-order valence-electron chi connectivity index (χ4n) is 2.86. The van der Waals surface area contributed by atoms with Crippen LogP contribution in [0, 0.1) is 11.6 Å². The van der Waals surface area contributed by atoms with E-state index in [0.717, 1.165) is 5.56 Å². The molecule has 0 fully saturated rings. The molecular formula is C19H20F2N2O2. The molecule has 3 rings (SSSR count). The Morgan fingerprint density at radius 1 is 1.28 bits per heavy atom. The monoisotopic (exact) mass is 346 g/mol. The van der Waals surface area contributed by atoms with E-state index >= 15 is 0 Å². The van der Waals surface area contributed by atoms with Gasteiger partial charge in [0.2, 0.25) is 0 Å². The zero-order chi connectivity index (χ0) is 17.8. The molecule has 1 aliphatic heterocycles. The van der Waals surface area contributed by atoms with Crippen molar-refractivity contribution < 1.29 is 18.3 Å². The van der Waals surface area contributed by atoms with Gasteiger partial charge in [-0.1, -0.05) is 25.1 Å². The van der Waals surface area contributed by atoms with Crippen LogP contribution in [-0.2, 0) is 17.8 Å². The molecule has 0 spiro atoms. The number of hydrogen-bond acceptors (Lipinski definition) is 3. The maximum Gasteiger partial charge on any atom is 0.265 e. The minimum atomic E-state index is -0.908. The summed E-state index contributed by atoms with van der Waals surface area (Å²) in [4.78, 5) is 12.4. The Kier molecular flexibility index (Phi) is 5.28. The molecule has 2 aromatic rings. The third-order valence-corrected chi connectivity index (χ3v) is 4.23. The predicted molar refractivity (Wildman–Crippen MR) is 91.5 cm³/mol. The van der Waals surface area contributed by atoms with Crippen molar-refractivity contribution in [1.82, 2.24) is 5.32 Å². The summed E-state index contributed by atoms with van der Waals surface area (Å²) in [5, 5.41) is 5.75. The van der Waals surface area contributed by atoms with Crippen LogP contribution >= 0.6 is 0 Å². The number of hydrogen-bond donors (Lipinski definition) is 2. The van der Waals surface area contributed by atoms with Crippen LogP contribution in [0.1, 0.15) is 24.5 Å². The number of nitrogens with one attached hydrogen (secondary N) is 2. The largest absolute Gasteiger partial charge is 0.478 e. The van der Waals surface area contributed by atoms with Gasteiger partial charge in [-0.2, -0.15) is 0 Å². The number of ether oxygens (including phenoxy) is 1. The van der Waals surface area contributed by atoms with Gasteiger partial charge in [-0.15, -0.1) is 0 Å². The van der Waals surface area contributed by atoms with E-state index in [2.05, 4.69) is 10.6 Å². The van der Waals surface area contributed by atoms with Crippen LogP contribution < -0.4 is 15.4 Å². The normalized spacial score (nSPS) is 14.5. The Bertz CT molecular complexity index is 780. The molecule has 0 radical (unpaired) electrons. The maximum atomic E-state index is 14.6. The summed E-state index contributed by atoms with van der Waals surface area (Å²) >= 11 is 0. The smallest absolute Gasteiger partial charge is 0.265 e. The van der Waals surface area contributed by atoms with Crippen molar-refractivity contribution in [2.75, 3.05) is 11.9 Å². The molecule has 132 valence electrons. The van der Waals surface area contributed by atoms with Crippen molar-refractivity contribution in [2.45, 2.75) is 32.4 Å². The molecule has 1 atom stereocenters. The molecule has 0 saturated heterocycles. The number of fused-ring (bicyclic) bond motifs is 1. The number of halogens is 2. The van der Waals surface area contributed by atoms with Crippen LogP contribution in [0.5, 0.6) is 5.75 Å². The van der Waals surface area contributed by atoms with Crippen molar-refractivity contribution in [2.24, 2.45) is 0 Å². The van der Waals surface area contributed by atoms with E-state index in [0.29, 0.717) is 31.5 Å². The lowest BCUT2D eigenvalue weighted by Gasteiger charge is -2.21. The molecule has 1 aliphatic rings. The second-order valence-corrected chi connectivity index (χ2v) is 5.93. The van der Waals surface area contributed by atoms with Gasteiger partial charge >= 0.3 is 0 Å². The molecule has 2 aromatic carbocycles. The lowest BCUT2D eigenvalue weighted by molar-refractivity contribution is -0.122. The van der Waals surface area contributed by atoms with Crippen LogP contribution in [0.2, 0.25) is 0 Å². The van der Waals surface area contributed by atoms with Crippen molar-refractivity contribution in [3.8, 4) is 5.75 Å². The Hall–Kier alpha value is -2.47. The molecule has 1 unspecified atom stereocenters. The van der Waals surface area contributed by atoms with Crippen LogP contribution in [0.4, 0.5) is 14.5 Å². The molecule has 6 heteroatoms. The number of anilines is 1. The zero-order valence-electron chi connectivity index (χ0n) is 13.9. The fourth-order valence-corrected chi connectivity index (χ4v) is 2.86. The molecule has 1 amide bonds. The number of rotatable bonds is 5. The van der Waals surface area contributed by atoms with Crippen molar-refractivity contribution in [1.29, 1.82) is 0 Å². The molecule has 0 aliphatic carbocycles. The highest BCUT2D eigenvalue weighted by molar-refractivity contribution is 5.94. The van der Waals surface area contributed by atoms with E-state index < -0.39 is 23.6 Å². The van der Waals surface area contributed by atoms with E-state index in [1.807, 2.05) is 0 Å². The third kappa shape index (κ3) is 3.79. The number of carbonyl (C=O) groups excluding carboxylic acids is 1. The summed E-state index contributed by atoms with van der Waals surface area (Å²) in [5.74, 6) is -1.45. The molecule has 0 saturated carbocycles. The van der Waals surface area contributed by atoms with Crippen LogP contribution in [0.15, 0.2) is 36.4 Å². The van der Waals surface area contributed by atoms with Crippen molar-refractivity contribution >= 4 is 11.6 Å². The van der Waals surface area contributed by atoms with Gasteiger partial charge in [0, 0.05) is 6.54 Å². The molecular weight excluding hydrogens is 326 g/mol. The first-order chi connectivity index (χ1) is 12.1. The summed E-state index contributed by atoms with van der Waals surface area (Å²) in [6.45, 7) is 3.07. The standard InChI is InChI=1S/C19H20F2N2O2/c1-2-16(25-17-6-4-3-5-14(17)20)19(24)23-15-8-7-12-11-22-10-9-13(12)18(15)21/h3-8,16,22H,2,9-11H2,1H3,(H,23,24). The summed E-state index contributed by atoms with van der Waals surface area (Å²) in [7, 11) is 0. The Morgan fingerprint density at radius 2 is 2.08 bits per heavy atom. The van der Waals surface area contributed by atoms with E-state index in [1.165, 1.54) is 12.1 Å².